The summed E-state index contributed by atoms with van der Waals surface area (Å²) in [5, 5.41) is 5.38. The van der Waals surface area contributed by atoms with Crippen molar-refractivity contribution in [2.24, 2.45) is 0 Å². The Morgan fingerprint density at radius 1 is 1.29 bits per heavy atom. The molecule has 0 aliphatic heterocycles. The van der Waals surface area contributed by atoms with Crippen LogP contribution in [0.15, 0.2) is 34.4 Å². The molecule has 0 spiro atoms. The van der Waals surface area contributed by atoms with Crippen molar-refractivity contribution in [3.63, 3.8) is 0 Å². The fourth-order valence-electron chi connectivity index (χ4n) is 2.25. The van der Waals surface area contributed by atoms with Gasteiger partial charge in [-0.25, -0.2) is 0 Å². The average Bonchev–Trinajstić information content (AvgIpc) is 2.98. The maximum absolute atomic E-state index is 12.7. The van der Waals surface area contributed by atoms with Crippen molar-refractivity contribution in [3.8, 4) is 10.6 Å². The van der Waals surface area contributed by atoms with E-state index in [2.05, 4.69) is 43.6 Å². The number of hydrogen-bond donors (Lipinski definition) is 1. The van der Waals surface area contributed by atoms with Crippen LogP contribution in [0, 0.1) is 0 Å². The van der Waals surface area contributed by atoms with Crippen LogP contribution >= 0.6 is 11.3 Å². The fraction of sp³-hybridized carbons (Fsp3) is 0.471. The minimum Gasteiger partial charge on any atom is -0.310 e. The summed E-state index contributed by atoms with van der Waals surface area (Å²) in [6.07, 6.45) is 2.12. The van der Waals surface area contributed by atoms with Gasteiger partial charge in [0.1, 0.15) is 0 Å². The molecule has 2 heterocycles. The molecule has 0 aliphatic rings. The van der Waals surface area contributed by atoms with E-state index in [4.69, 9.17) is 0 Å². The highest BCUT2D eigenvalue weighted by molar-refractivity contribution is 7.13. The summed E-state index contributed by atoms with van der Waals surface area (Å²) in [5.74, 6) is 0. The minimum absolute atomic E-state index is 0.141. The molecule has 0 aliphatic carbocycles. The van der Waals surface area contributed by atoms with E-state index in [9.17, 15) is 4.79 Å². The van der Waals surface area contributed by atoms with Gasteiger partial charge in [-0.15, -0.1) is 11.3 Å². The van der Waals surface area contributed by atoms with Crippen LogP contribution in [-0.4, -0.2) is 10.6 Å². The number of nitrogens with one attached hydrogen (secondary N) is 1. The number of pyridine rings is 1. The number of nitrogens with zero attached hydrogens (tertiary/aromatic N) is 1. The molecule has 0 saturated heterocycles. The zero-order valence-electron chi connectivity index (χ0n) is 13.1. The Bertz CT molecular complexity index is 614. The van der Waals surface area contributed by atoms with Gasteiger partial charge in [0.2, 0.25) is 0 Å². The standard InChI is InChI=1S/C17H24N2OS/c1-4-5-10-19-15(16-7-6-11-21-16)9-8-14(17(19)20)12-18-13(2)3/h6-9,11,13,18H,4-5,10,12H2,1-3H3. The predicted molar refractivity (Wildman–Crippen MR) is 90.9 cm³/mol. The van der Waals surface area contributed by atoms with E-state index in [1.54, 1.807) is 11.3 Å². The molecule has 0 atom stereocenters. The van der Waals surface area contributed by atoms with E-state index in [0.29, 0.717) is 12.6 Å². The van der Waals surface area contributed by atoms with E-state index in [-0.39, 0.29) is 5.56 Å². The second-order valence-corrected chi connectivity index (χ2v) is 6.51. The van der Waals surface area contributed by atoms with Crippen LogP contribution in [-0.2, 0) is 13.1 Å². The van der Waals surface area contributed by atoms with Gasteiger partial charge in [0.05, 0.1) is 10.6 Å². The summed E-state index contributed by atoms with van der Waals surface area (Å²) in [6, 6.07) is 8.54. The summed E-state index contributed by atoms with van der Waals surface area (Å²) in [7, 11) is 0. The van der Waals surface area contributed by atoms with Crippen molar-refractivity contribution in [1.82, 2.24) is 9.88 Å². The van der Waals surface area contributed by atoms with E-state index >= 15 is 0 Å². The number of unbranched alkanes of at least 4 members (excludes halogenated alkanes) is 1. The maximum atomic E-state index is 12.7. The van der Waals surface area contributed by atoms with Crippen molar-refractivity contribution < 1.29 is 0 Å². The number of hydrogen-bond acceptors (Lipinski definition) is 3. The molecule has 0 aromatic carbocycles. The van der Waals surface area contributed by atoms with Crippen molar-refractivity contribution in [1.29, 1.82) is 0 Å². The summed E-state index contributed by atoms with van der Waals surface area (Å²) in [5.41, 5.74) is 2.03. The zero-order valence-corrected chi connectivity index (χ0v) is 13.9. The molecular formula is C17H24N2OS. The van der Waals surface area contributed by atoms with E-state index in [0.717, 1.165) is 35.5 Å². The molecule has 2 rings (SSSR count). The van der Waals surface area contributed by atoms with E-state index in [1.165, 1.54) is 0 Å². The van der Waals surface area contributed by atoms with Gasteiger partial charge in [0.15, 0.2) is 0 Å². The van der Waals surface area contributed by atoms with Crippen molar-refractivity contribution in [2.45, 2.75) is 52.7 Å². The number of aromatic nitrogens is 1. The summed E-state index contributed by atoms with van der Waals surface area (Å²) in [6.45, 7) is 7.76. The van der Waals surface area contributed by atoms with Gasteiger partial charge in [-0.2, -0.15) is 0 Å². The highest BCUT2D eigenvalue weighted by Gasteiger charge is 2.11. The van der Waals surface area contributed by atoms with E-state index in [1.807, 2.05) is 16.7 Å². The second-order valence-electron chi connectivity index (χ2n) is 5.57. The molecule has 4 heteroatoms. The number of thiophene rings is 1. The minimum atomic E-state index is 0.141. The first kappa shape index (κ1) is 16.0. The first-order valence-electron chi connectivity index (χ1n) is 7.63. The van der Waals surface area contributed by atoms with Gasteiger partial charge in [-0.05, 0) is 23.9 Å². The monoisotopic (exact) mass is 304 g/mol. The van der Waals surface area contributed by atoms with Gasteiger partial charge >= 0.3 is 0 Å². The Hall–Kier alpha value is -1.39. The highest BCUT2D eigenvalue weighted by Crippen LogP contribution is 2.24. The largest absolute Gasteiger partial charge is 0.310 e. The Kier molecular flexibility index (Phi) is 5.76. The molecule has 2 aromatic heterocycles. The average molecular weight is 304 g/mol. The number of rotatable bonds is 7. The second kappa shape index (κ2) is 7.57. The third-order valence-corrected chi connectivity index (χ3v) is 4.36. The Morgan fingerprint density at radius 3 is 2.71 bits per heavy atom. The molecule has 0 bridgehead atoms. The van der Waals surface area contributed by atoms with Crippen molar-refractivity contribution in [2.75, 3.05) is 0 Å². The third-order valence-electron chi connectivity index (χ3n) is 3.46. The van der Waals surface area contributed by atoms with Crippen LogP contribution in [0.5, 0.6) is 0 Å². The van der Waals surface area contributed by atoms with Crippen molar-refractivity contribution >= 4 is 11.3 Å². The lowest BCUT2D eigenvalue weighted by Gasteiger charge is -2.14. The molecule has 114 valence electrons. The molecule has 0 radical (unpaired) electrons. The molecule has 2 aromatic rings. The Balaban J connectivity index is 2.38. The van der Waals surface area contributed by atoms with Crippen molar-refractivity contribution in [3.05, 3.63) is 45.6 Å². The van der Waals surface area contributed by atoms with Crippen LogP contribution in [0.2, 0.25) is 0 Å². The molecule has 0 saturated carbocycles. The summed E-state index contributed by atoms with van der Waals surface area (Å²) < 4.78 is 1.94. The van der Waals surface area contributed by atoms with Gasteiger partial charge in [0, 0.05) is 24.7 Å². The smallest absolute Gasteiger partial charge is 0.255 e. The Morgan fingerprint density at radius 2 is 2.10 bits per heavy atom. The highest BCUT2D eigenvalue weighted by atomic mass is 32.1. The molecule has 1 N–H and O–H groups in total. The van der Waals surface area contributed by atoms with Gasteiger partial charge < -0.3 is 9.88 Å². The fourth-order valence-corrected chi connectivity index (χ4v) is 3.01. The first-order valence-corrected chi connectivity index (χ1v) is 8.51. The van der Waals surface area contributed by atoms with Gasteiger partial charge in [-0.1, -0.05) is 39.3 Å². The van der Waals surface area contributed by atoms with Gasteiger partial charge in [0.25, 0.3) is 5.56 Å². The third kappa shape index (κ3) is 4.05. The van der Waals surface area contributed by atoms with E-state index < -0.39 is 0 Å². The quantitative estimate of drug-likeness (QED) is 0.842. The van der Waals surface area contributed by atoms with Crippen LogP contribution in [0.4, 0.5) is 0 Å². The van der Waals surface area contributed by atoms with Crippen LogP contribution in [0.1, 0.15) is 39.2 Å². The lowest BCUT2D eigenvalue weighted by molar-refractivity contribution is 0.571. The van der Waals surface area contributed by atoms with Crippen LogP contribution < -0.4 is 10.9 Å². The lowest BCUT2D eigenvalue weighted by atomic mass is 10.2. The maximum Gasteiger partial charge on any atom is 0.255 e. The molecule has 21 heavy (non-hydrogen) atoms. The predicted octanol–water partition coefficient (Wildman–Crippen LogP) is 3.87. The van der Waals surface area contributed by atoms with Crippen LogP contribution in [0.25, 0.3) is 10.6 Å². The zero-order chi connectivity index (χ0) is 15.2. The normalized spacial score (nSPS) is 11.2. The SMILES string of the molecule is CCCCn1c(-c2cccs2)ccc(CNC(C)C)c1=O. The molecule has 3 nitrogen and oxygen atoms in total. The summed E-state index contributed by atoms with van der Waals surface area (Å²) >= 11 is 1.68. The molecular weight excluding hydrogens is 280 g/mol. The molecule has 0 fully saturated rings. The summed E-state index contributed by atoms with van der Waals surface area (Å²) in [4.78, 5) is 13.9. The lowest BCUT2D eigenvalue weighted by Crippen LogP contribution is -2.30. The topological polar surface area (TPSA) is 34.0 Å². The first-order chi connectivity index (χ1) is 10.1. The Labute approximate surface area is 130 Å². The molecule has 0 unspecified atom stereocenters. The van der Waals surface area contributed by atoms with Gasteiger partial charge in [-0.3, -0.25) is 4.79 Å². The van der Waals surface area contributed by atoms with Crippen LogP contribution in [0.3, 0.4) is 0 Å². The molecule has 0 amide bonds.